The summed E-state index contributed by atoms with van der Waals surface area (Å²) in [4.78, 5) is 26.0. The van der Waals surface area contributed by atoms with Crippen molar-refractivity contribution in [2.45, 2.75) is 25.8 Å². The van der Waals surface area contributed by atoms with Crippen molar-refractivity contribution in [3.63, 3.8) is 0 Å². The fourth-order valence-electron chi connectivity index (χ4n) is 4.23. The molecule has 5 rings (SSSR count). The van der Waals surface area contributed by atoms with Crippen molar-refractivity contribution in [1.82, 2.24) is 20.7 Å². The van der Waals surface area contributed by atoms with Gasteiger partial charge in [0.1, 0.15) is 22.9 Å². The number of halogens is 1. The molecular weight excluding hydrogens is 483 g/mol. The number of carbonyl (C=O) groups excluding carboxylic acids is 1. The van der Waals surface area contributed by atoms with Crippen LogP contribution in [0, 0.1) is 11.7 Å². The highest BCUT2D eigenvalue weighted by Gasteiger charge is 2.29. The maximum absolute atomic E-state index is 14.2. The topological polar surface area (TPSA) is 101 Å². The highest BCUT2D eigenvalue weighted by Crippen LogP contribution is 2.26. The molecule has 1 fully saturated rings. The molecule has 0 atom stereocenters. The van der Waals surface area contributed by atoms with Gasteiger partial charge in [-0.2, -0.15) is 5.10 Å². The lowest BCUT2D eigenvalue weighted by Crippen LogP contribution is -2.45. The third-order valence-electron chi connectivity index (χ3n) is 6.22. The summed E-state index contributed by atoms with van der Waals surface area (Å²) in [6, 6.07) is 19.2. The lowest BCUT2D eigenvalue weighted by atomic mass is 9.81. The summed E-state index contributed by atoms with van der Waals surface area (Å²) in [6.45, 7) is 2.42. The smallest absolute Gasteiger partial charge is 0.253 e. The summed E-state index contributed by atoms with van der Waals surface area (Å²) >= 11 is 0. The normalized spacial score (nSPS) is 17.3. The first kappa shape index (κ1) is 25.0. The molecule has 0 saturated heterocycles. The van der Waals surface area contributed by atoms with E-state index in [9.17, 15) is 9.18 Å². The summed E-state index contributed by atoms with van der Waals surface area (Å²) in [5.74, 6) is 0.546. The number of aromatic nitrogens is 2. The summed E-state index contributed by atoms with van der Waals surface area (Å²) in [5.41, 5.74) is 4.85. The summed E-state index contributed by atoms with van der Waals surface area (Å²) < 4.78 is 19.7. The highest BCUT2D eigenvalue weighted by molar-refractivity contribution is 6.05. The number of nitrogens with zero attached hydrogens (tertiary/aromatic N) is 4. The summed E-state index contributed by atoms with van der Waals surface area (Å²) in [6.07, 6.45) is 6.58. The molecule has 0 bridgehead atoms. The summed E-state index contributed by atoms with van der Waals surface area (Å²) in [5, 5.41) is 8.36. The van der Waals surface area contributed by atoms with Crippen LogP contribution in [0.25, 0.3) is 10.9 Å². The lowest BCUT2D eigenvalue weighted by Gasteiger charge is -2.33. The molecular formula is C29H27FN6O2. The van der Waals surface area contributed by atoms with Gasteiger partial charge < -0.3 is 10.1 Å². The fourth-order valence-corrected chi connectivity index (χ4v) is 4.23. The largest absolute Gasteiger partial charge is 0.492 e. The Morgan fingerprint density at radius 1 is 1.08 bits per heavy atom. The standard InChI is InChI=1S/C29H27FN6O2/c1-2-38-22-12-13-26(32-18-22)28(35-25-11-4-3-10-24(25)30)36-33-17-19-15-21(16-19)34-29(37)23-9-5-7-20-8-6-14-31-27(20)23/h3-14,17-19,21H,2,15-16H2,1H3,(H,34,37)(H,35,36)/b33-17+. The van der Waals surface area contributed by atoms with Gasteiger partial charge in [0.15, 0.2) is 5.84 Å². The molecule has 2 N–H and O–H groups in total. The molecule has 4 aromatic rings. The molecule has 2 heterocycles. The Kier molecular flexibility index (Phi) is 7.63. The summed E-state index contributed by atoms with van der Waals surface area (Å²) in [7, 11) is 0. The van der Waals surface area contributed by atoms with Gasteiger partial charge in [-0.15, -0.1) is 0 Å². The van der Waals surface area contributed by atoms with E-state index in [4.69, 9.17) is 4.74 Å². The van der Waals surface area contributed by atoms with Crippen LogP contribution in [0.2, 0.25) is 0 Å². The van der Waals surface area contributed by atoms with E-state index < -0.39 is 5.82 Å². The Morgan fingerprint density at radius 2 is 1.92 bits per heavy atom. The van der Waals surface area contributed by atoms with Gasteiger partial charge in [-0.05, 0) is 62.1 Å². The van der Waals surface area contributed by atoms with Gasteiger partial charge in [0.05, 0.1) is 23.9 Å². The molecule has 192 valence electrons. The molecule has 1 amide bonds. The van der Waals surface area contributed by atoms with Crippen molar-refractivity contribution in [2.75, 3.05) is 6.61 Å². The Bertz CT molecular complexity index is 1480. The molecule has 38 heavy (non-hydrogen) atoms. The molecule has 1 saturated carbocycles. The first-order chi connectivity index (χ1) is 18.6. The zero-order valence-electron chi connectivity index (χ0n) is 20.8. The van der Waals surface area contributed by atoms with Crippen molar-refractivity contribution >= 4 is 34.5 Å². The van der Waals surface area contributed by atoms with Gasteiger partial charge in [0.2, 0.25) is 0 Å². The van der Waals surface area contributed by atoms with Gasteiger partial charge in [-0.1, -0.05) is 30.3 Å². The first-order valence-corrected chi connectivity index (χ1v) is 12.5. The number of ether oxygens (including phenoxy) is 1. The van der Waals surface area contributed by atoms with E-state index in [0.717, 1.165) is 18.2 Å². The average Bonchev–Trinajstić information content (AvgIpc) is 2.92. The van der Waals surface area contributed by atoms with Gasteiger partial charge in [0, 0.05) is 23.8 Å². The Morgan fingerprint density at radius 3 is 2.71 bits per heavy atom. The van der Waals surface area contributed by atoms with Crippen LogP contribution < -0.4 is 15.5 Å². The molecule has 0 spiro atoms. The van der Waals surface area contributed by atoms with Gasteiger partial charge in [-0.3, -0.25) is 15.2 Å². The number of nitrogens with one attached hydrogen (secondary N) is 2. The number of hydrogen-bond donors (Lipinski definition) is 2. The van der Waals surface area contributed by atoms with Crippen LogP contribution in [0.3, 0.4) is 0 Å². The Labute approximate surface area is 219 Å². The predicted octanol–water partition coefficient (Wildman–Crippen LogP) is 5.03. The molecule has 0 unspecified atom stereocenters. The Hall–Kier alpha value is -4.66. The van der Waals surface area contributed by atoms with Crippen LogP contribution in [0.5, 0.6) is 5.75 Å². The number of hydrogen-bond acceptors (Lipinski definition) is 6. The lowest BCUT2D eigenvalue weighted by molar-refractivity contribution is 0.0909. The number of rotatable bonds is 8. The number of hydrazone groups is 1. The molecule has 8 nitrogen and oxygen atoms in total. The molecule has 1 aliphatic carbocycles. The van der Waals surface area contributed by atoms with Crippen molar-refractivity contribution in [2.24, 2.45) is 16.0 Å². The second-order valence-electron chi connectivity index (χ2n) is 8.90. The van der Waals surface area contributed by atoms with Crippen LogP contribution in [0.15, 0.2) is 89.2 Å². The van der Waals surface area contributed by atoms with E-state index >= 15 is 0 Å². The molecule has 2 aromatic heterocycles. The number of benzene rings is 2. The van der Waals surface area contributed by atoms with Gasteiger partial charge in [-0.25, -0.2) is 14.4 Å². The zero-order chi connectivity index (χ0) is 26.3. The predicted molar refractivity (Wildman–Crippen MR) is 145 cm³/mol. The molecule has 9 heteroatoms. The van der Waals surface area contributed by atoms with Gasteiger partial charge >= 0.3 is 0 Å². The maximum atomic E-state index is 14.2. The Balaban J connectivity index is 1.21. The SMILES string of the molecule is CCOc1ccc(C(=Nc2ccccc2F)N/N=C/C2CC(NC(=O)c3cccc4cccnc34)C2)nc1. The number of aliphatic imine (C=N–C) groups is 1. The second-order valence-corrected chi connectivity index (χ2v) is 8.90. The molecule has 0 radical (unpaired) electrons. The van der Waals surface area contributed by atoms with E-state index in [1.165, 1.54) is 6.07 Å². The van der Waals surface area contributed by atoms with Crippen LogP contribution in [-0.4, -0.2) is 40.6 Å². The van der Waals surface area contributed by atoms with Crippen LogP contribution in [-0.2, 0) is 0 Å². The maximum Gasteiger partial charge on any atom is 0.253 e. The van der Waals surface area contributed by atoms with Crippen molar-refractivity contribution < 1.29 is 13.9 Å². The number of carbonyl (C=O) groups is 1. The van der Waals surface area contributed by atoms with Crippen LogP contribution >= 0.6 is 0 Å². The second kappa shape index (κ2) is 11.6. The molecule has 2 aromatic carbocycles. The number of amides is 1. The third-order valence-corrected chi connectivity index (χ3v) is 6.22. The van der Waals surface area contributed by atoms with E-state index in [1.807, 2.05) is 31.2 Å². The first-order valence-electron chi connectivity index (χ1n) is 12.5. The van der Waals surface area contributed by atoms with Gasteiger partial charge in [0.25, 0.3) is 5.91 Å². The quantitative estimate of drug-likeness (QED) is 0.197. The van der Waals surface area contributed by atoms with Crippen LogP contribution in [0.1, 0.15) is 35.8 Å². The van der Waals surface area contributed by atoms with E-state index in [1.54, 1.807) is 55.0 Å². The number of para-hydroxylation sites is 2. The highest BCUT2D eigenvalue weighted by atomic mass is 19.1. The van der Waals surface area contributed by atoms with Crippen molar-refractivity contribution in [1.29, 1.82) is 0 Å². The van der Waals surface area contributed by atoms with E-state index in [-0.39, 0.29) is 23.6 Å². The monoisotopic (exact) mass is 510 g/mol. The number of amidine groups is 1. The van der Waals surface area contributed by atoms with E-state index in [2.05, 4.69) is 30.8 Å². The van der Waals surface area contributed by atoms with Crippen molar-refractivity contribution in [3.8, 4) is 5.75 Å². The number of pyridine rings is 2. The minimum Gasteiger partial charge on any atom is -0.492 e. The minimum atomic E-state index is -0.444. The third kappa shape index (κ3) is 5.83. The zero-order valence-corrected chi connectivity index (χ0v) is 20.8. The minimum absolute atomic E-state index is 0.0530. The number of fused-ring (bicyclic) bond motifs is 1. The fraction of sp³-hybridized carbons (Fsp3) is 0.207. The van der Waals surface area contributed by atoms with Crippen LogP contribution in [0.4, 0.5) is 10.1 Å². The van der Waals surface area contributed by atoms with E-state index in [0.29, 0.717) is 35.0 Å². The molecule has 1 aliphatic rings. The van der Waals surface area contributed by atoms with Crippen molar-refractivity contribution in [3.05, 3.63) is 96.2 Å². The average molecular weight is 511 g/mol. The molecule has 0 aliphatic heterocycles.